The smallest absolute Gasteiger partial charge is 0.258 e. The van der Waals surface area contributed by atoms with E-state index in [1.165, 1.54) is 12.1 Å². The minimum absolute atomic E-state index is 0.0305. The normalized spacial score (nSPS) is 11.9. The Morgan fingerprint density at radius 3 is 2.27 bits per heavy atom. The van der Waals surface area contributed by atoms with Crippen LogP contribution in [0.25, 0.3) is 33.3 Å². The standard InChI is InChI=1S/C41H41FN4O2/c1-27(2)39-37(41(47)45-33-17-9-6-10-18-33)36(29-14-7-5-8-15-29)40(30-19-21-32(42)22-20-30)46(39)24-12-13-28(3)44-35-26-34(48-4)25-31-16-11-23-43-38(31)35/h5-11,14-23,25-28,44H,12-13,24H2,1-4H3,(H,45,47). The summed E-state index contributed by atoms with van der Waals surface area (Å²) in [6.45, 7) is 7.09. The van der Waals surface area contributed by atoms with Crippen LogP contribution in [0.1, 0.15) is 55.6 Å². The number of halogens is 1. The fraction of sp³-hybridized carbons (Fsp3) is 0.220. The van der Waals surface area contributed by atoms with Gasteiger partial charge in [0.05, 0.1) is 29.6 Å². The lowest BCUT2D eigenvalue weighted by molar-refractivity contribution is 0.102. The first kappa shape index (κ1) is 32.5. The number of nitrogens with one attached hydrogen (secondary N) is 2. The van der Waals surface area contributed by atoms with Gasteiger partial charge in [-0.1, -0.05) is 68.4 Å². The van der Waals surface area contributed by atoms with Gasteiger partial charge in [-0.25, -0.2) is 4.39 Å². The largest absolute Gasteiger partial charge is 0.497 e. The van der Waals surface area contributed by atoms with Crippen molar-refractivity contribution in [1.29, 1.82) is 0 Å². The first-order valence-corrected chi connectivity index (χ1v) is 16.5. The Bertz CT molecular complexity index is 2000. The number of aromatic nitrogens is 2. The van der Waals surface area contributed by atoms with Gasteiger partial charge in [-0.05, 0) is 85.3 Å². The molecule has 6 nitrogen and oxygen atoms in total. The minimum atomic E-state index is -0.302. The maximum atomic E-state index is 14.3. The fourth-order valence-electron chi connectivity index (χ4n) is 6.49. The minimum Gasteiger partial charge on any atom is -0.497 e. The number of hydrogen-bond donors (Lipinski definition) is 2. The van der Waals surface area contributed by atoms with Gasteiger partial charge in [0.2, 0.25) is 0 Å². The van der Waals surface area contributed by atoms with Crippen molar-refractivity contribution in [2.24, 2.45) is 0 Å². The van der Waals surface area contributed by atoms with E-state index < -0.39 is 0 Å². The van der Waals surface area contributed by atoms with Crippen LogP contribution >= 0.6 is 0 Å². The number of para-hydroxylation sites is 1. The Morgan fingerprint density at radius 1 is 0.875 bits per heavy atom. The number of carbonyl (C=O) groups is 1. The van der Waals surface area contributed by atoms with Crippen molar-refractivity contribution in [2.75, 3.05) is 17.7 Å². The van der Waals surface area contributed by atoms with E-state index in [-0.39, 0.29) is 23.7 Å². The van der Waals surface area contributed by atoms with Crippen molar-refractivity contribution in [3.8, 4) is 28.1 Å². The van der Waals surface area contributed by atoms with Crippen molar-refractivity contribution in [2.45, 2.75) is 52.1 Å². The van der Waals surface area contributed by atoms with E-state index in [1.54, 1.807) is 13.3 Å². The van der Waals surface area contributed by atoms with Crippen LogP contribution in [0.15, 0.2) is 115 Å². The summed E-state index contributed by atoms with van der Waals surface area (Å²) < 4.78 is 22.1. The average molecular weight is 641 g/mol. The van der Waals surface area contributed by atoms with E-state index in [9.17, 15) is 9.18 Å². The zero-order valence-electron chi connectivity index (χ0n) is 27.8. The Hall–Kier alpha value is -5.43. The van der Waals surface area contributed by atoms with Crippen LogP contribution in [-0.2, 0) is 6.54 Å². The zero-order chi connectivity index (χ0) is 33.6. The topological polar surface area (TPSA) is 68.2 Å². The Balaban J connectivity index is 1.40. The molecule has 0 aliphatic heterocycles. The Morgan fingerprint density at radius 2 is 1.58 bits per heavy atom. The molecule has 4 aromatic carbocycles. The van der Waals surface area contributed by atoms with Gasteiger partial charge < -0.3 is 19.9 Å². The van der Waals surface area contributed by atoms with Gasteiger partial charge >= 0.3 is 0 Å². The molecule has 1 atom stereocenters. The average Bonchev–Trinajstić information content (AvgIpc) is 3.45. The molecule has 0 saturated heterocycles. The summed E-state index contributed by atoms with van der Waals surface area (Å²) in [6.07, 6.45) is 3.49. The van der Waals surface area contributed by atoms with Gasteiger partial charge in [0, 0.05) is 47.2 Å². The van der Waals surface area contributed by atoms with Gasteiger partial charge in [-0.2, -0.15) is 0 Å². The second-order valence-electron chi connectivity index (χ2n) is 12.4. The van der Waals surface area contributed by atoms with Gasteiger partial charge in [0.25, 0.3) is 5.91 Å². The molecule has 0 saturated carbocycles. The quantitative estimate of drug-likeness (QED) is 0.140. The molecule has 1 unspecified atom stereocenters. The number of fused-ring (bicyclic) bond motifs is 1. The molecule has 1 amide bonds. The number of pyridine rings is 1. The van der Waals surface area contributed by atoms with Crippen LogP contribution in [-0.4, -0.2) is 28.6 Å². The summed E-state index contributed by atoms with van der Waals surface area (Å²) in [6, 6.07) is 34.2. The zero-order valence-corrected chi connectivity index (χ0v) is 27.8. The van der Waals surface area contributed by atoms with Gasteiger partial charge in [-0.3, -0.25) is 9.78 Å². The second-order valence-corrected chi connectivity index (χ2v) is 12.4. The predicted octanol–water partition coefficient (Wildman–Crippen LogP) is 10.2. The van der Waals surface area contributed by atoms with E-state index in [0.29, 0.717) is 12.1 Å². The molecule has 6 aromatic rings. The molecular weight excluding hydrogens is 599 g/mol. The van der Waals surface area contributed by atoms with Crippen LogP contribution in [0.4, 0.5) is 15.8 Å². The lowest BCUT2D eigenvalue weighted by Crippen LogP contribution is -2.18. The number of amides is 1. The lowest BCUT2D eigenvalue weighted by Gasteiger charge is -2.20. The monoisotopic (exact) mass is 640 g/mol. The molecule has 48 heavy (non-hydrogen) atoms. The molecule has 0 bridgehead atoms. The van der Waals surface area contributed by atoms with Crippen molar-refractivity contribution in [3.63, 3.8) is 0 Å². The first-order valence-electron chi connectivity index (χ1n) is 16.5. The summed E-state index contributed by atoms with van der Waals surface area (Å²) in [5, 5.41) is 7.83. The van der Waals surface area contributed by atoms with Crippen molar-refractivity contribution in [3.05, 3.63) is 132 Å². The highest BCUT2D eigenvalue weighted by Crippen LogP contribution is 2.42. The highest BCUT2D eigenvalue weighted by atomic mass is 19.1. The summed E-state index contributed by atoms with van der Waals surface area (Å²) in [5.74, 6) is 0.336. The van der Waals surface area contributed by atoms with Crippen molar-refractivity contribution < 1.29 is 13.9 Å². The molecule has 0 radical (unpaired) electrons. The highest BCUT2D eigenvalue weighted by molar-refractivity contribution is 6.12. The second kappa shape index (κ2) is 14.6. The van der Waals surface area contributed by atoms with Crippen molar-refractivity contribution >= 4 is 28.2 Å². The third-order valence-corrected chi connectivity index (χ3v) is 8.62. The lowest BCUT2D eigenvalue weighted by atomic mass is 9.94. The number of nitrogens with zero attached hydrogens (tertiary/aromatic N) is 2. The van der Waals surface area contributed by atoms with Crippen molar-refractivity contribution in [1.82, 2.24) is 9.55 Å². The molecule has 0 fully saturated rings. The third-order valence-electron chi connectivity index (χ3n) is 8.62. The summed E-state index contributed by atoms with van der Waals surface area (Å²) in [5.41, 5.74) is 7.69. The molecule has 0 spiro atoms. The molecule has 7 heteroatoms. The van der Waals surface area contributed by atoms with Crippen LogP contribution < -0.4 is 15.4 Å². The summed E-state index contributed by atoms with van der Waals surface area (Å²) >= 11 is 0. The van der Waals surface area contributed by atoms with Gasteiger partial charge in [0.15, 0.2) is 0 Å². The van der Waals surface area contributed by atoms with Crippen LogP contribution in [0, 0.1) is 5.82 Å². The highest BCUT2D eigenvalue weighted by Gasteiger charge is 2.30. The molecule has 244 valence electrons. The number of benzene rings is 4. The Labute approximate surface area is 281 Å². The number of anilines is 2. The summed E-state index contributed by atoms with van der Waals surface area (Å²) in [7, 11) is 1.67. The fourth-order valence-corrected chi connectivity index (χ4v) is 6.49. The third kappa shape index (κ3) is 6.95. The van der Waals surface area contributed by atoms with Crippen LogP contribution in [0.3, 0.4) is 0 Å². The molecule has 0 aliphatic rings. The van der Waals surface area contributed by atoms with Gasteiger partial charge in [-0.15, -0.1) is 0 Å². The maximum Gasteiger partial charge on any atom is 0.258 e. The SMILES string of the molecule is COc1cc(NC(C)CCCn2c(-c3ccc(F)cc3)c(-c3ccccc3)c(C(=O)Nc3ccccc3)c2C(C)C)c2ncccc2c1. The maximum absolute atomic E-state index is 14.3. The van der Waals surface area contributed by atoms with E-state index >= 15 is 0 Å². The predicted molar refractivity (Wildman–Crippen MR) is 194 cm³/mol. The van der Waals surface area contributed by atoms with Crippen LogP contribution in [0.5, 0.6) is 5.75 Å². The van der Waals surface area contributed by atoms with Gasteiger partial charge in [0.1, 0.15) is 11.6 Å². The summed E-state index contributed by atoms with van der Waals surface area (Å²) in [4.78, 5) is 18.9. The van der Waals surface area contributed by atoms with E-state index in [1.807, 2.05) is 97.1 Å². The Kier molecular flexibility index (Phi) is 9.86. The van der Waals surface area contributed by atoms with E-state index in [2.05, 4.69) is 41.0 Å². The first-order chi connectivity index (χ1) is 23.3. The number of hydrogen-bond acceptors (Lipinski definition) is 4. The number of rotatable bonds is 12. The molecule has 6 rings (SSSR count). The van der Waals surface area contributed by atoms with E-state index in [0.717, 1.165) is 68.9 Å². The molecule has 2 N–H and O–H groups in total. The molecule has 2 aromatic heterocycles. The van der Waals surface area contributed by atoms with E-state index in [4.69, 9.17) is 4.74 Å². The molecular formula is C41H41FN4O2. The number of carbonyl (C=O) groups excluding carboxylic acids is 1. The molecule has 0 aliphatic carbocycles. The van der Waals surface area contributed by atoms with Crippen LogP contribution in [0.2, 0.25) is 0 Å². The number of ether oxygens (including phenoxy) is 1. The molecule has 2 heterocycles. The number of methoxy groups -OCH3 is 1.